The highest BCUT2D eigenvalue weighted by atomic mass is 19.1. The van der Waals surface area contributed by atoms with Crippen molar-refractivity contribution < 1.29 is 4.39 Å². The van der Waals surface area contributed by atoms with Crippen molar-refractivity contribution in [3.63, 3.8) is 0 Å². The Morgan fingerprint density at radius 2 is 1.95 bits per heavy atom. The molecule has 0 radical (unpaired) electrons. The van der Waals surface area contributed by atoms with E-state index in [1.807, 2.05) is 12.1 Å². The van der Waals surface area contributed by atoms with Crippen molar-refractivity contribution in [2.75, 3.05) is 23.3 Å². The summed E-state index contributed by atoms with van der Waals surface area (Å²) in [5.41, 5.74) is 5.03. The van der Waals surface area contributed by atoms with Crippen LogP contribution in [0.4, 0.5) is 15.8 Å². The van der Waals surface area contributed by atoms with Crippen molar-refractivity contribution in [2.45, 2.75) is 19.9 Å². The number of benzene rings is 2. The van der Waals surface area contributed by atoms with Crippen molar-refractivity contribution in [2.24, 2.45) is 0 Å². The predicted octanol–water partition coefficient (Wildman–Crippen LogP) is 3.82. The van der Waals surface area contributed by atoms with E-state index in [2.05, 4.69) is 35.3 Å². The van der Waals surface area contributed by atoms with Crippen LogP contribution in [0.3, 0.4) is 0 Å². The molecule has 1 heterocycles. The average Bonchev–Trinajstić information content (AvgIpc) is 2.93. The highest BCUT2D eigenvalue weighted by Crippen LogP contribution is 2.25. The molecule has 1 aliphatic heterocycles. The summed E-state index contributed by atoms with van der Waals surface area (Å²) in [5.74, 6) is -0.187. The molecule has 2 aromatic rings. The summed E-state index contributed by atoms with van der Waals surface area (Å²) in [6, 6.07) is 13.3. The van der Waals surface area contributed by atoms with Gasteiger partial charge in [-0.15, -0.1) is 0 Å². The van der Waals surface area contributed by atoms with Crippen LogP contribution in [0.1, 0.15) is 18.1 Å². The van der Waals surface area contributed by atoms with E-state index in [0.717, 1.165) is 31.7 Å². The molecule has 2 aromatic carbocycles. The van der Waals surface area contributed by atoms with Gasteiger partial charge in [-0.25, -0.2) is 4.39 Å². The highest BCUT2D eigenvalue weighted by molar-refractivity contribution is 5.57. The molecule has 0 spiro atoms. The Morgan fingerprint density at radius 3 is 2.70 bits per heavy atom. The molecule has 1 aliphatic rings. The predicted molar refractivity (Wildman–Crippen MR) is 81.8 cm³/mol. The number of hydrogen-bond acceptors (Lipinski definition) is 2. The third-order valence-corrected chi connectivity index (χ3v) is 3.83. The molecule has 2 nitrogen and oxygen atoms in total. The van der Waals surface area contributed by atoms with Gasteiger partial charge in [0.1, 0.15) is 5.82 Å². The minimum absolute atomic E-state index is 0.187. The summed E-state index contributed by atoms with van der Waals surface area (Å²) in [7, 11) is 0. The standard InChI is InChI=1S/C17H19FN2/c1-2-20(16-6-4-15(18)5-7-16)12-13-3-8-17-14(11-13)9-10-19-17/h3-8,11,19H,2,9-10,12H2,1H3. The van der Waals surface area contributed by atoms with Crippen LogP contribution in [0.2, 0.25) is 0 Å². The lowest BCUT2D eigenvalue weighted by molar-refractivity contribution is 0.627. The second-order valence-electron chi connectivity index (χ2n) is 5.16. The smallest absolute Gasteiger partial charge is 0.123 e. The first-order chi connectivity index (χ1) is 9.76. The molecular formula is C17H19FN2. The van der Waals surface area contributed by atoms with Gasteiger partial charge in [-0.2, -0.15) is 0 Å². The van der Waals surface area contributed by atoms with Gasteiger partial charge in [-0.1, -0.05) is 12.1 Å². The number of halogens is 1. The Morgan fingerprint density at radius 1 is 1.15 bits per heavy atom. The molecule has 0 bridgehead atoms. The number of hydrogen-bond donors (Lipinski definition) is 1. The molecule has 0 fully saturated rings. The van der Waals surface area contributed by atoms with E-state index in [4.69, 9.17) is 0 Å². The Kier molecular flexibility index (Phi) is 3.59. The van der Waals surface area contributed by atoms with Crippen molar-refractivity contribution in [3.05, 3.63) is 59.4 Å². The van der Waals surface area contributed by atoms with Crippen LogP contribution in [0, 0.1) is 5.82 Å². The monoisotopic (exact) mass is 270 g/mol. The van der Waals surface area contributed by atoms with Crippen LogP contribution >= 0.6 is 0 Å². The maximum atomic E-state index is 13.0. The van der Waals surface area contributed by atoms with Gasteiger partial charge in [-0.3, -0.25) is 0 Å². The summed E-state index contributed by atoms with van der Waals surface area (Å²) in [6.07, 6.45) is 1.10. The first kappa shape index (κ1) is 13.0. The SMILES string of the molecule is CCN(Cc1ccc2c(c1)CCN2)c1ccc(F)cc1. The molecule has 3 heteroatoms. The lowest BCUT2D eigenvalue weighted by atomic mass is 10.1. The first-order valence-corrected chi connectivity index (χ1v) is 7.12. The first-order valence-electron chi connectivity index (χ1n) is 7.12. The van der Waals surface area contributed by atoms with E-state index in [0.29, 0.717) is 0 Å². The molecule has 0 aliphatic carbocycles. The fourth-order valence-corrected chi connectivity index (χ4v) is 2.71. The molecule has 1 N–H and O–H groups in total. The van der Waals surface area contributed by atoms with Crippen molar-refractivity contribution in [1.82, 2.24) is 0 Å². The topological polar surface area (TPSA) is 15.3 Å². The molecule has 20 heavy (non-hydrogen) atoms. The fraction of sp³-hybridized carbons (Fsp3) is 0.294. The number of rotatable bonds is 4. The van der Waals surface area contributed by atoms with E-state index in [1.165, 1.54) is 28.9 Å². The minimum atomic E-state index is -0.187. The number of nitrogens with one attached hydrogen (secondary N) is 1. The third-order valence-electron chi connectivity index (χ3n) is 3.83. The largest absolute Gasteiger partial charge is 0.384 e. The van der Waals surface area contributed by atoms with Crippen LogP contribution in [-0.4, -0.2) is 13.1 Å². The van der Waals surface area contributed by atoms with Gasteiger partial charge in [0.05, 0.1) is 0 Å². The average molecular weight is 270 g/mol. The van der Waals surface area contributed by atoms with Crippen LogP contribution in [0.15, 0.2) is 42.5 Å². The van der Waals surface area contributed by atoms with Gasteiger partial charge in [0.15, 0.2) is 0 Å². The summed E-state index contributed by atoms with van der Waals surface area (Å²) in [6.45, 7) is 4.92. The number of nitrogens with zero attached hydrogens (tertiary/aromatic N) is 1. The van der Waals surface area contributed by atoms with E-state index in [-0.39, 0.29) is 5.82 Å². The molecule has 0 amide bonds. The Bertz CT molecular complexity index is 592. The van der Waals surface area contributed by atoms with Crippen LogP contribution in [0.5, 0.6) is 0 Å². The molecule has 0 unspecified atom stereocenters. The van der Waals surface area contributed by atoms with Gasteiger partial charge < -0.3 is 10.2 Å². The van der Waals surface area contributed by atoms with Gasteiger partial charge in [0.2, 0.25) is 0 Å². The molecule has 0 aromatic heterocycles. The summed E-state index contributed by atoms with van der Waals surface area (Å²) >= 11 is 0. The zero-order chi connectivity index (χ0) is 13.9. The second kappa shape index (κ2) is 5.53. The van der Waals surface area contributed by atoms with Crippen LogP contribution in [-0.2, 0) is 13.0 Å². The number of anilines is 2. The Balaban J connectivity index is 1.79. The lowest BCUT2D eigenvalue weighted by Crippen LogP contribution is -2.21. The molecule has 0 saturated heterocycles. The summed E-state index contributed by atoms with van der Waals surface area (Å²) < 4.78 is 13.0. The summed E-state index contributed by atoms with van der Waals surface area (Å²) in [5, 5.41) is 3.38. The molecule has 104 valence electrons. The Labute approximate surface area is 119 Å². The molecule has 0 saturated carbocycles. The van der Waals surface area contributed by atoms with Crippen molar-refractivity contribution >= 4 is 11.4 Å². The van der Waals surface area contributed by atoms with Crippen LogP contribution in [0.25, 0.3) is 0 Å². The molecule has 0 atom stereocenters. The van der Waals surface area contributed by atoms with Gasteiger partial charge in [0.25, 0.3) is 0 Å². The van der Waals surface area contributed by atoms with Crippen molar-refractivity contribution in [3.8, 4) is 0 Å². The van der Waals surface area contributed by atoms with E-state index in [9.17, 15) is 4.39 Å². The van der Waals surface area contributed by atoms with Crippen LogP contribution < -0.4 is 10.2 Å². The lowest BCUT2D eigenvalue weighted by Gasteiger charge is -2.23. The molecule has 3 rings (SSSR count). The zero-order valence-corrected chi connectivity index (χ0v) is 11.7. The maximum absolute atomic E-state index is 13.0. The molecular weight excluding hydrogens is 251 g/mol. The Hall–Kier alpha value is -2.03. The highest BCUT2D eigenvalue weighted by Gasteiger charge is 2.11. The normalized spacial score (nSPS) is 12.9. The summed E-state index contributed by atoms with van der Waals surface area (Å²) in [4.78, 5) is 2.25. The second-order valence-corrected chi connectivity index (χ2v) is 5.16. The fourth-order valence-electron chi connectivity index (χ4n) is 2.71. The van der Waals surface area contributed by atoms with E-state index >= 15 is 0 Å². The van der Waals surface area contributed by atoms with Gasteiger partial charge in [-0.05, 0) is 54.8 Å². The zero-order valence-electron chi connectivity index (χ0n) is 11.7. The maximum Gasteiger partial charge on any atom is 0.123 e. The van der Waals surface area contributed by atoms with Gasteiger partial charge >= 0.3 is 0 Å². The number of fused-ring (bicyclic) bond motifs is 1. The van der Waals surface area contributed by atoms with E-state index in [1.54, 1.807) is 0 Å². The van der Waals surface area contributed by atoms with Gasteiger partial charge in [0, 0.05) is 31.0 Å². The van der Waals surface area contributed by atoms with E-state index < -0.39 is 0 Å². The minimum Gasteiger partial charge on any atom is -0.384 e. The third kappa shape index (κ3) is 2.62. The van der Waals surface area contributed by atoms with Crippen molar-refractivity contribution in [1.29, 1.82) is 0 Å². The quantitative estimate of drug-likeness (QED) is 0.908.